The van der Waals surface area contributed by atoms with E-state index in [-0.39, 0.29) is 17.7 Å². The molecule has 1 N–H and O–H groups in total. The first-order chi connectivity index (χ1) is 9.67. The third-order valence-corrected chi connectivity index (χ3v) is 4.15. The second-order valence-corrected chi connectivity index (χ2v) is 5.36. The van der Waals surface area contributed by atoms with Crippen molar-refractivity contribution in [1.29, 1.82) is 0 Å². The van der Waals surface area contributed by atoms with Gasteiger partial charge in [0.1, 0.15) is 0 Å². The van der Waals surface area contributed by atoms with Crippen molar-refractivity contribution in [2.75, 3.05) is 13.1 Å². The topological polar surface area (TPSA) is 52.9 Å². The molecule has 1 aliphatic rings. The third-order valence-electron chi connectivity index (χ3n) is 4.15. The van der Waals surface area contributed by atoms with Crippen LogP contribution in [0.1, 0.15) is 38.2 Å². The lowest BCUT2D eigenvalue weighted by Gasteiger charge is -2.34. The highest BCUT2D eigenvalue weighted by molar-refractivity contribution is 5.90. The van der Waals surface area contributed by atoms with Gasteiger partial charge in [0.25, 0.3) is 0 Å². The Morgan fingerprint density at radius 1 is 1.45 bits per heavy atom. The molecule has 2 unspecified atom stereocenters. The van der Waals surface area contributed by atoms with Crippen molar-refractivity contribution in [1.82, 2.24) is 4.90 Å². The molecular formula is C16H22N2O2. The second-order valence-electron chi connectivity index (χ2n) is 5.36. The SMILES string of the molecule is CCC1CN(C(=O)C(C)c2ccccc2)CC/C1=N\O. The minimum atomic E-state index is -0.124. The van der Waals surface area contributed by atoms with Gasteiger partial charge in [-0.1, -0.05) is 42.4 Å². The zero-order valence-corrected chi connectivity index (χ0v) is 12.1. The van der Waals surface area contributed by atoms with Crippen LogP contribution in [-0.4, -0.2) is 34.8 Å². The van der Waals surface area contributed by atoms with E-state index in [1.54, 1.807) is 0 Å². The molecule has 0 radical (unpaired) electrons. The molecule has 1 aliphatic heterocycles. The quantitative estimate of drug-likeness (QED) is 0.680. The molecule has 0 spiro atoms. The fourth-order valence-corrected chi connectivity index (χ4v) is 2.77. The molecule has 1 fully saturated rings. The molecule has 1 aromatic rings. The van der Waals surface area contributed by atoms with E-state index < -0.39 is 0 Å². The van der Waals surface area contributed by atoms with Gasteiger partial charge in [0.2, 0.25) is 5.91 Å². The predicted octanol–water partition coefficient (Wildman–Crippen LogP) is 2.88. The fraction of sp³-hybridized carbons (Fsp3) is 0.500. The Kier molecular flexibility index (Phi) is 4.77. The predicted molar refractivity (Wildman–Crippen MR) is 79.1 cm³/mol. The maximum absolute atomic E-state index is 12.6. The molecule has 20 heavy (non-hydrogen) atoms. The molecule has 108 valence electrons. The van der Waals surface area contributed by atoms with Crippen molar-refractivity contribution in [3.8, 4) is 0 Å². The number of carbonyl (C=O) groups excluding carboxylic acids is 1. The average molecular weight is 274 g/mol. The molecule has 4 nitrogen and oxygen atoms in total. The molecule has 2 atom stereocenters. The van der Waals surface area contributed by atoms with Gasteiger partial charge in [0.05, 0.1) is 11.6 Å². The number of piperidine rings is 1. The van der Waals surface area contributed by atoms with Crippen LogP contribution >= 0.6 is 0 Å². The van der Waals surface area contributed by atoms with Crippen LogP contribution in [0.2, 0.25) is 0 Å². The summed E-state index contributed by atoms with van der Waals surface area (Å²) in [5.41, 5.74) is 1.87. The Bertz CT molecular complexity index is 485. The van der Waals surface area contributed by atoms with E-state index in [0.29, 0.717) is 19.5 Å². The van der Waals surface area contributed by atoms with Crippen LogP contribution in [0.4, 0.5) is 0 Å². The number of carbonyl (C=O) groups is 1. The summed E-state index contributed by atoms with van der Waals surface area (Å²) < 4.78 is 0. The summed E-state index contributed by atoms with van der Waals surface area (Å²) in [6, 6.07) is 9.86. The zero-order valence-electron chi connectivity index (χ0n) is 12.1. The number of nitrogens with zero attached hydrogens (tertiary/aromatic N) is 2. The number of rotatable bonds is 3. The lowest BCUT2D eigenvalue weighted by atomic mass is 9.91. The van der Waals surface area contributed by atoms with Gasteiger partial charge in [-0.05, 0) is 18.9 Å². The first-order valence-corrected chi connectivity index (χ1v) is 7.22. The van der Waals surface area contributed by atoms with Crippen molar-refractivity contribution in [2.45, 2.75) is 32.6 Å². The smallest absolute Gasteiger partial charge is 0.229 e. The molecule has 4 heteroatoms. The van der Waals surface area contributed by atoms with Gasteiger partial charge in [0.15, 0.2) is 0 Å². The molecule has 1 amide bonds. The summed E-state index contributed by atoms with van der Waals surface area (Å²) in [4.78, 5) is 14.5. The Labute approximate surface area is 120 Å². The van der Waals surface area contributed by atoms with E-state index in [4.69, 9.17) is 5.21 Å². The molecule has 0 aromatic heterocycles. The highest BCUT2D eigenvalue weighted by Gasteiger charge is 2.30. The van der Waals surface area contributed by atoms with Crippen molar-refractivity contribution >= 4 is 11.6 Å². The molecular weight excluding hydrogens is 252 g/mol. The molecule has 1 aromatic carbocycles. The van der Waals surface area contributed by atoms with Crippen LogP contribution in [0.15, 0.2) is 35.5 Å². The Morgan fingerprint density at radius 2 is 2.15 bits per heavy atom. The van der Waals surface area contributed by atoms with Gasteiger partial charge < -0.3 is 10.1 Å². The van der Waals surface area contributed by atoms with Crippen molar-refractivity contribution in [3.05, 3.63) is 35.9 Å². The lowest BCUT2D eigenvalue weighted by Crippen LogP contribution is -2.45. The van der Waals surface area contributed by atoms with Crippen LogP contribution in [0.3, 0.4) is 0 Å². The second kappa shape index (κ2) is 6.55. The number of oxime groups is 1. The van der Waals surface area contributed by atoms with E-state index in [0.717, 1.165) is 17.7 Å². The van der Waals surface area contributed by atoms with E-state index >= 15 is 0 Å². The maximum atomic E-state index is 12.6. The summed E-state index contributed by atoms with van der Waals surface area (Å²) in [6.45, 7) is 5.32. The van der Waals surface area contributed by atoms with Crippen molar-refractivity contribution in [2.24, 2.45) is 11.1 Å². The molecule has 0 aliphatic carbocycles. The molecule has 1 heterocycles. The number of hydrogen-bond donors (Lipinski definition) is 1. The summed E-state index contributed by atoms with van der Waals surface area (Å²) in [7, 11) is 0. The Balaban J connectivity index is 2.07. The number of likely N-dealkylation sites (tertiary alicyclic amines) is 1. The minimum Gasteiger partial charge on any atom is -0.411 e. The summed E-state index contributed by atoms with van der Waals surface area (Å²) in [5, 5.41) is 12.4. The molecule has 0 saturated carbocycles. The Morgan fingerprint density at radius 3 is 2.75 bits per heavy atom. The van der Waals surface area contributed by atoms with E-state index in [9.17, 15) is 4.79 Å². The number of amides is 1. The van der Waals surface area contributed by atoms with Crippen LogP contribution in [0.25, 0.3) is 0 Å². The first kappa shape index (κ1) is 14.6. The van der Waals surface area contributed by atoms with E-state index in [1.165, 1.54) is 0 Å². The molecule has 1 saturated heterocycles. The largest absolute Gasteiger partial charge is 0.411 e. The standard InChI is InChI=1S/C16H22N2O2/c1-3-13-11-18(10-9-15(13)17-20)16(19)12(2)14-7-5-4-6-8-14/h4-8,12-13,20H,3,9-11H2,1-2H3/b17-15+. The van der Waals surface area contributed by atoms with Gasteiger partial charge in [-0.15, -0.1) is 0 Å². The normalized spacial score (nSPS) is 22.8. The van der Waals surface area contributed by atoms with Crippen LogP contribution < -0.4 is 0 Å². The molecule has 2 rings (SSSR count). The van der Waals surface area contributed by atoms with Crippen molar-refractivity contribution < 1.29 is 10.0 Å². The summed E-state index contributed by atoms with van der Waals surface area (Å²) >= 11 is 0. The Hall–Kier alpha value is -1.84. The highest BCUT2D eigenvalue weighted by atomic mass is 16.4. The average Bonchev–Trinajstić information content (AvgIpc) is 2.53. The maximum Gasteiger partial charge on any atom is 0.229 e. The number of benzene rings is 1. The minimum absolute atomic E-state index is 0.124. The van der Waals surface area contributed by atoms with Gasteiger partial charge in [-0.3, -0.25) is 4.79 Å². The van der Waals surface area contributed by atoms with E-state index in [2.05, 4.69) is 12.1 Å². The van der Waals surface area contributed by atoms with Crippen LogP contribution in [-0.2, 0) is 4.79 Å². The van der Waals surface area contributed by atoms with Gasteiger partial charge >= 0.3 is 0 Å². The van der Waals surface area contributed by atoms with Gasteiger partial charge in [-0.25, -0.2) is 0 Å². The fourth-order valence-electron chi connectivity index (χ4n) is 2.77. The number of hydrogen-bond acceptors (Lipinski definition) is 3. The van der Waals surface area contributed by atoms with Gasteiger partial charge in [-0.2, -0.15) is 0 Å². The van der Waals surface area contributed by atoms with E-state index in [1.807, 2.05) is 42.2 Å². The third kappa shape index (κ3) is 3.00. The molecule has 0 bridgehead atoms. The monoisotopic (exact) mass is 274 g/mol. The zero-order chi connectivity index (χ0) is 14.5. The van der Waals surface area contributed by atoms with Crippen molar-refractivity contribution in [3.63, 3.8) is 0 Å². The van der Waals surface area contributed by atoms with Crippen LogP contribution in [0.5, 0.6) is 0 Å². The first-order valence-electron chi connectivity index (χ1n) is 7.22. The van der Waals surface area contributed by atoms with Gasteiger partial charge in [0, 0.05) is 25.4 Å². The summed E-state index contributed by atoms with van der Waals surface area (Å²) in [5.74, 6) is 0.216. The summed E-state index contributed by atoms with van der Waals surface area (Å²) in [6.07, 6.45) is 1.56. The highest BCUT2D eigenvalue weighted by Crippen LogP contribution is 2.23. The lowest BCUT2D eigenvalue weighted by molar-refractivity contribution is -0.133. The van der Waals surface area contributed by atoms with Crippen LogP contribution in [0, 0.1) is 5.92 Å².